The van der Waals surface area contributed by atoms with Crippen molar-refractivity contribution < 1.29 is 14.5 Å². The highest BCUT2D eigenvalue weighted by atomic mass is 32.2. The summed E-state index contributed by atoms with van der Waals surface area (Å²) in [7, 11) is 0. The number of thiocarbonyl (C=S) groups is 1. The van der Waals surface area contributed by atoms with Gasteiger partial charge in [-0.3, -0.25) is 19.8 Å². The second-order valence-corrected chi connectivity index (χ2v) is 6.63. The third kappa shape index (κ3) is 4.23. The Hall–Kier alpha value is -2.06. The lowest BCUT2D eigenvalue weighted by atomic mass is 10.1. The van der Waals surface area contributed by atoms with E-state index in [-0.39, 0.29) is 17.4 Å². The second-order valence-electron chi connectivity index (χ2n) is 4.95. The second kappa shape index (κ2) is 7.47. The average molecular weight is 350 g/mol. The van der Waals surface area contributed by atoms with Crippen LogP contribution in [-0.2, 0) is 9.59 Å². The van der Waals surface area contributed by atoms with Crippen LogP contribution in [-0.4, -0.2) is 32.4 Å². The molecule has 6 nitrogen and oxygen atoms in total. The van der Waals surface area contributed by atoms with E-state index in [0.717, 1.165) is 11.8 Å². The van der Waals surface area contributed by atoms with Crippen LogP contribution in [0.25, 0.3) is 6.08 Å². The Bertz CT molecular complexity index is 715. The van der Waals surface area contributed by atoms with Gasteiger partial charge in [-0.05, 0) is 25.5 Å². The lowest BCUT2D eigenvalue weighted by Crippen LogP contribution is -2.29. The van der Waals surface area contributed by atoms with E-state index in [1.807, 2.05) is 0 Å². The number of benzene rings is 1. The topological polar surface area (TPSA) is 80.5 Å². The number of para-hydroxylation sites is 1. The maximum absolute atomic E-state index is 12.4. The zero-order chi connectivity index (χ0) is 17.0. The number of ketones is 1. The molecule has 0 aliphatic carbocycles. The summed E-state index contributed by atoms with van der Waals surface area (Å²) < 4.78 is 0.406. The van der Waals surface area contributed by atoms with E-state index in [1.54, 1.807) is 18.2 Å². The molecule has 0 aromatic heterocycles. The molecule has 23 heavy (non-hydrogen) atoms. The van der Waals surface area contributed by atoms with Crippen LogP contribution in [0.15, 0.2) is 29.2 Å². The van der Waals surface area contributed by atoms with Gasteiger partial charge in [0.25, 0.3) is 11.6 Å². The predicted octanol–water partition coefficient (Wildman–Crippen LogP) is 3.17. The van der Waals surface area contributed by atoms with Crippen LogP contribution in [0.3, 0.4) is 0 Å². The van der Waals surface area contributed by atoms with Crippen LogP contribution >= 0.6 is 24.0 Å². The number of thioether (sulfide) groups is 1. The van der Waals surface area contributed by atoms with Gasteiger partial charge in [-0.1, -0.05) is 36.1 Å². The quantitative estimate of drug-likeness (QED) is 0.339. The molecule has 0 spiro atoms. The zero-order valence-corrected chi connectivity index (χ0v) is 14.0. The molecule has 0 radical (unpaired) electrons. The van der Waals surface area contributed by atoms with Crippen LogP contribution in [0.4, 0.5) is 5.69 Å². The van der Waals surface area contributed by atoms with Crippen LogP contribution in [0.5, 0.6) is 0 Å². The SMILES string of the molecule is CC(=O)CCCN1C(=O)/C(=C/c2ccccc2[N+](=O)[O-])SC1=S. The standard InChI is InChI=1S/C15H14N2O4S2/c1-10(18)5-4-8-16-14(19)13(23-15(16)22)9-11-6-2-3-7-12(11)17(20)21/h2-3,6-7,9H,4-5,8H2,1H3/b13-9-. The van der Waals surface area contributed by atoms with Gasteiger partial charge in [0, 0.05) is 19.0 Å². The van der Waals surface area contributed by atoms with Gasteiger partial charge in [0.2, 0.25) is 0 Å². The summed E-state index contributed by atoms with van der Waals surface area (Å²) in [6.45, 7) is 1.87. The molecule has 1 fully saturated rings. The fourth-order valence-corrected chi connectivity index (χ4v) is 3.40. The number of rotatable bonds is 6. The molecule has 1 aromatic carbocycles. The van der Waals surface area contributed by atoms with E-state index in [0.29, 0.717) is 34.2 Å². The van der Waals surface area contributed by atoms with Crippen molar-refractivity contribution in [2.24, 2.45) is 0 Å². The molecule has 1 aliphatic rings. The highest BCUT2D eigenvalue weighted by molar-refractivity contribution is 8.26. The fraction of sp³-hybridized carbons (Fsp3) is 0.267. The Kier molecular flexibility index (Phi) is 5.62. The van der Waals surface area contributed by atoms with E-state index >= 15 is 0 Å². The van der Waals surface area contributed by atoms with Gasteiger partial charge < -0.3 is 4.79 Å². The summed E-state index contributed by atoms with van der Waals surface area (Å²) in [4.78, 5) is 35.7. The molecular formula is C15H14N2O4S2. The Balaban J connectivity index is 2.19. The molecule has 2 rings (SSSR count). The minimum Gasteiger partial charge on any atom is -0.300 e. The number of nitrogens with zero attached hydrogens (tertiary/aromatic N) is 2. The van der Waals surface area contributed by atoms with Gasteiger partial charge in [-0.25, -0.2) is 0 Å². The van der Waals surface area contributed by atoms with Gasteiger partial charge in [0.05, 0.1) is 15.4 Å². The van der Waals surface area contributed by atoms with Crippen molar-refractivity contribution in [2.45, 2.75) is 19.8 Å². The van der Waals surface area contributed by atoms with E-state index in [1.165, 1.54) is 24.0 Å². The average Bonchev–Trinajstić information content (AvgIpc) is 2.74. The Morgan fingerprint density at radius 1 is 1.43 bits per heavy atom. The van der Waals surface area contributed by atoms with Crippen molar-refractivity contribution in [3.8, 4) is 0 Å². The van der Waals surface area contributed by atoms with E-state index in [9.17, 15) is 19.7 Å². The Morgan fingerprint density at radius 3 is 2.78 bits per heavy atom. The number of hydrogen-bond acceptors (Lipinski definition) is 6. The third-order valence-corrected chi connectivity index (χ3v) is 4.58. The number of Topliss-reactive ketones (excluding diaryl/α,β-unsaturated/α-hetero) is 1. The predicted molar refractivity (Wildman–Crippen MR) is 92.9 cm³/mol. The normalized spacial score (nSPS) is 16.2. The molecule has 0 unspecified atom stereocenters. The summed E-state index contributed by atoms with van der Waals surface area (Å²) in [5.41, 5.74) is 0.302. The molecule has 1 aliphatic heterocycles. The van der Waals surface area contributed by atoms with Gasteiger partial charge >= 0.3 is 0 Å². The molecule has 1 aromatic rings. The highest BCUT2D eigenvalue weighted by Gasteiger charge is 2.32. The molecule has 0 atom stereocenters. The molecular weight excluding hydrogens is 336 g/mol. The number of nitro benzene ring substituents is 1. The maximum atomic E-state index is 12.4. The van der Waals surface area contributed by atoms with Crippen molar-refractivity contribution in [1.29, 1.82) is 0 Å². The molecule has 1 saturated heterocycles. The molecule has 0 bridgehead atoms. The first-order chi connectivity index (χ1) is 10.9. The van der Waals surface area contributed by atoms with Gasteiger partial charge in [0.1, 0.15) is 10.1 Å². The summed E-state index contributed by atoms with van der Waals surface area (Å²) >= 11 is 6.30. The first-order valence-corrected chi connectivity index (χ1v) is 8.11. The molecule has 1 heterocycles. The minimum absolute atomic E-state index is 0.0608. The number of carbonyl (C=O) groups excluding carboxylic acids is 2. The van der Waals surface area contributed by atoms with Crippen LogP contribution in [0.2, 0.25) is 0 Å². The maximum Gasteiger partial charge on any atom is 0.276 e. The third-order valence-electron chi connectivity index (χ3n) is 3.20. The molecule has 8 heteroatoms. The summed E-state index contributed by atoms with van der Waals surface area (Å²) in [5.74, 6) is -0.215. The molecule has 0 saturated carbocycles. The lowest BCUT2D eigenvalue weighted by molar-refractivity contribution is -0.385. The van der Waals surface area contributed by atoms with E-state index in [2.05, 4.69) is 0 Å². The summed E-state index contributed by atoms with van der Waals surface area (Å²) in [6.07, 6.45) is 2.42. The van der Waals surface area contributed by atoms with E-state index in [4.69, 9.17) is 12.2 Å². The molecule has 120 valence electrons. The van der Waals surface area contributed by atoms with Crippen LogP contribution < -0.4 is 0 Å². The van der Waals surface area contributed by atoms with Crippen LogP contribution in [0, 0.1) is 10.1 Å². The zero-order valence-electron chi connectivity index (χ0n) is 12.4. The number of carbonyl (C=O) groups is 2. The lowest BCUT2D eigenvalue weighted by Gasteiger charge is -2.13. The van der Waals surface area contributed by atoms with Crippen molar-refractivity contribution in [3.05, 3.63) is 44.8 Å². The number of amides is 1. The van der Waals surface area contributed by atoms with Crippen molar-refractivity contribution >= 4 is 51.8 Å². The number of nitro groups is 1. The Morgan fingerprint density at radius 2 is 2.13 bits per heavy atom. The van der Waals surface area contributed by atoms with Gasteiger partial charge in [-0.2, -0.15) is 0 Å². The first kappa shape index (κ1) is 17.3. The minimum atomic E-state index is -0.487. The molecule has 0 N–H and O–H groups in total. The summed E-state index contributed by atoms with van der Waals surface area (Å²) in [6, 6.07) is 6.22. The summed E-state index contributed by atoms with van der Waals surface area (Å²) in [5, 5.41) is 11.0. The smallest absolute Gasteiger partial charge is 0.276 e. The van der Waals surface area contributed by atoms with Gasteiger partial charge in [-0.15, -0.1) is 0 Å². The van der Waals surface area contributed by atoms with Crippen molar-refractivity contribution in [3.63, 3.8) is 0 Å². The van der Waals surface area contributed by atoms with E-state index < -0.39 is 4.92 Å². The van der Waals surface area contributed by atoms with Crippen molar-refractivity contribution in [1.82, 2.24) is 4.90 Å². The first-order valence-electron chi connectivity index (χ1n) is 6.88. The monoisotopic (exact) mass is 350 g/mol. The number of hydrogen-bond donors (Lipinski definition) is 0. The Labute approximate surface area is 142 Å². The largest absolute Gasteiger partial charge is 0.300 e. The fourth-order valence-electron chi connectivity index (χ4n) is 2.10. The highest BCUT2D eigenvalue weighted by Crippen LogP contribution is 2.34. The molecule has 1 amide bonds. The van der Waals surface area contributed by atoms with Crippen LogP contribution in [0.1, 0.15) is 25.3 Å². The van der Waals surface area contributed by atoms with Gasteiger partial charge in [0.15, 0.2) is 0 Å². The van der Waals surface area contributed by atoms with Crippen molar-refractivity contribution in [2.75, 3.05) is 6.54 Å².